The van der Waals surface area contributed by atoms with Crippen LogP contribution >= 0.6 is 0 Å². The monoisotopic (exact) mass is 298 g/mol. The summed E-state index contributed by atoms with van der Waals surface area (Å²) in [7, 11) is 0. The van der Waals surface area contributed by atoms with Crippen molar-refractivity contribution in [2.75, 3.05) is 13.2 Å². The average molecular weight is 298 g/mol. The molecule has 1 rings (SSSR count). The molecular formula is C17H30O4. The van der Waals surface area contributed by atoms with Gasteiger partial charge in [0.15, 0.2) is 0 Å². The van der Waals surface area contributed by atoms with E-state index in [1.165, 1.54) is 32.1 Å². The zero-order valence-electron chi connectivity index (χ0n) is 13.2. The molecule has 0 atom stereocenters. The van der Waals surface area contributed by atoms with E-state index in [0.29, 0.717) is 12.8 Å². The van der Waals surface area contributed by atoms with Gasteiger partial charge in [-0.05, 0) is 12.8 Å². The Balaban J connectivity index is 0.00000191. The number of rotatable bonds is 0. The molecule has 1 aliphatic heterocycles. The molecule has 0 aromatic heterocycles. The third-order valence-electron chi connectivity index (χ3n) is 3.37. The fourth-order valence-corrected chi connectivity index (χ4v) is 2.23. The minimum Gasteiger partial charge on any atom is -0.462 e. The highest BCUT2D eigenvalue weighted by molar-refractivity contribution is 5.70. The molecule has 0 radical (unpaired) electrons. The highest BCUT2D eigenvalue weighted by atomic mass is 16.6. The summed E-state index contributed by atoms with van der Waals surface area (Å²) in [5.41, 5.74) is 0. The van der Waals surface area contributed by atoms with Crippen LogP contribution in [0.1, 0.15) is 70.6 Å². The number of esters is 2. The fourth-order valence-electron chi connectivity index (χ4n) is 2.23. The number of carbonyl (C=O) groups is 2. The van der Waals surface area contributed by atoms with Gasteiger partial charge < -0.3 is 9.47 Å². The predicted octanol–water partition coefficient (Wildman–Crippen LogP) is 4.18. The summed E-state index contributed by atoms with van der Waals surface area (Å²) in [6, 6.07) is 0. The lowest BCUT2D eigenvalue weighted by atomic mass is 10.1. The number of cyclic esters (lactones) is 2. The van der Waals surface area contributed by atoms with Gasteiger partial charge in [0.05, 0.1) is 0 Å². The quantitative estimate of drug-likeness (QED) is 0.497. The Hall–Kier alpha value is -1.32. The minimum atomic E-state index is -0.180. The van der Waals surface area contributed by atoms with Gasteiger partial charge in [-0.25, -0.2) is 0 Å². The van der Waals surface area contributed by atoms with Crippen LogP contribution in [0.3, 0.4) is 0 Å². The highest BCUT2D eigenvalue weighted by Crippen LogP contribution is 2.12. The first kappa shape index (κ1) is 19.7. The fraction of sp³-hybridized carbons (Fsp3) is 0.765. The van der Waals surface area contributed by atoms with Gasteiger partial charge in [0.25, 0.3) is 0 Å². The van der Waals surface area contributed by atoms with Crippen LogP contribution in [0.15, 0.2) is 13.2 Å². The van der Waals surface area contributed by atoms with Crippen LogP contribution < -0.4 is 0 Å². The Morgan fingerprint density at radius 3 is 1.19 bits per heavy atom. The van der Waals surface area contributed by atoms with Crippen molar-refractivity contribution in [2.45, 2.75) is 70.6 Å². The van der Waals surface area contributed by atoms with E-state index in [-0.39, 0.29) is 25.2 Å². The van der Waals surface area contributed by atoms with E-state index in [9.17, 15) is 9.59 Å². The standard InChI is InChI=1S/C15H26O4.C2H4/c16-14-10-8-6-4-2-1-3-5-7-9-11-15(17)19-13-12-18-14;1-2/h1-13H2;1-2H2. The summed E-state index contributed by atoms with van der Waals surface area (Å²) in [4.78, 5) is 22.7. The molecule has 1 aliphatic rings. The molecule has 1 saturated heterocycles. The third-order valence-corrected chi connectivity index (χ3v) is 3.37. The molecule has 0 aromatic rings. The molecule has 21 heavy (non-hydrogen) atoms. The van der Waals surface area contributed by atoms with E-state index in [1.54, 1.807) is 0 Å². The summed E-state index contributed by atoms with van der Waals surface area (Å²) in [5, 5.41) is 0. The van der Waals surface area contributed by atoms with Crippen molar-refractivity contribution in [2.24, 2.45) is 0 Å². The van der Waals surface area contributed by atoms with Gasteiger partial charge in [-0.1, -0.05) is 44.9 Å². The zero-order valence-corrected chi connectivity index (χ0v) is 13.2. The summed E-state index contributed by atoms with van der Waals surface area (Å²) in [6.07, 6.45) is 11.1. The summed E-state index contributed by atoms with van der Waals surface area (Å²) < 4.78 is 10.00. The molecule has 4 heteroatoms. The Morgan fingerprint density at radius 2 is 0.857 bits per heavy atom. The Labute approximate surface area is 128 Å². The average Bonchev–Trinajstić information content (AvgIpc) is 2.50. The summed E-state index contributed by atoms with van der Waals surface area (Å²) in [5.74, 6) is -0.360. The van der Waals surface area contributed by atoms with Crippen molar-refractivity contribution in [3.8, 4) is 0 Å². The van der Waals surface area contributed by atoms with Crippen LogP contribution in [-0.2, 0) is 19.1 Å². The molecular weight excluding hydrogens is 268 g/mol. The van der Waals surface area contributed by atoms with Crippen molar-refractivity contribution in [3.63, 3.8) is 0 Å². The van der Waals surface area contributed by atoms with Gasteiger partial charge in [0.1, 0.15) is 13.2 Å². The van der Waals surface area contributed by atoms with E-state index in [4.69, 9.17) is 9.47 Å². The van der Waals surface area contributed by atoms with E-state index >= 15 is 0 Å². The maximum absolute atomic E-state index is 11.3. The van der Waals surface area contributed by atoms with E-state index < -0.39 is 0 Å². The van der Waals surface area contributed by atoms with Crippen LogP contribution in [0.5, 0.6) is 0 Å². The first-order chi connectivity index (χ1) is 10.3. The van der Waals surface area contributed by atoms with Crippen LogP contribution in [0.2, 0.25) is 0 Å². The number of ether oxygens (including phenoxy) is 2. The maximum Gasteiger partial charge on any atom is 0.305 e. The van der Waals surface area contributed by atoms with Crippen molar-refractivity contribution >= 4 is 11.9 Å². The lowest BCUT2D eigenvalue weighted by Crippen LogP contribution is -2.13. The number of hydrogen-bond donors (Lipinski definition) is 0. The Morgan fingerprint density at radius 1 is 0.571 bits per heavy atom. The third kappa shape index (κ3) is 13.4. The van der Waals surface area contributed by atoms with E-state index in [0.717, 1.165) is 25.7 Å². The lowest BCUT2D eigenvalue weighted by molar-refractivity contribution is -0.152. The van der Waals surface area contributed by atoms with E-state index in [2.05, 4.69) is 13.2 Å². The summed E-state index contributed by atoms with van der Waals surface area (Å²) in [6.45, 7) is 6.37. The second-order valence-corrected chi connectivity index (χ2v) is 5.12. The number of carbonyl (C=O) groups excluding carboxylic acids is 2. The molecule has 0 amide bonds. The molecule has 4 nitrogen and oxygen atoms in total. The zero-order chi connectivity index (χ0) is 15.8. The first-order valence-electron chi connectivity index (χ1n) is 8.10. The van der Waals surface area contributed by atoms with Gasteiger partial charge in [-0.15, -0.1) is 13.2 Å². The second-order valence-electron chi connectivity index (χ2n) is 5.12. The molecule has 1 fully saturated rings. The van der Waals surface area contributed by atoms with Crippen molar-refractivity contribution in [1.29, 1.82) is 0 Å². The molecule has 0 aromatic carbocycles. The van der Waals surface area contributed by atoms with Crippen LogP contribution in [-0.4, -0.2) is 25.2 Å². The van der Waals surface area contributed by atoms with E-state index in [1.807, 2.05) is 0 Å². The van der Waals surface area contributed by atoms with Gasteiger partial charge in [0, 0.05) is 12.8 Å². The topological polar surface area (TPSA) is 52.6 Å². The van der Waals surface area contributed by atoms with Crippen molar-refractivity contribution in [3.05, 3.63) is 13.2 Å². The van der Waals surface area contributed by atoms with Gasteiger partial charge in [-0.3, -0.25) is 9.59 Å². The Kier molecular flexibility index (Phi) is 14.1. The van der Waals surface area contributed by atoms with Crippen LogP contribution in [0.4, 0.5) is 0 Å². The highest BCUT2D eigenvalue weighted by Gasteiger charge is 2.06. The largest absolute Gasteiger partial charge is 0.462 e. The molecule has 0 bridgehead atoms. The number of hydrogen-bond acceptors (Lipinski definition) is 4. The molecule has 0 saturated carbocycles. The molecule has 122 valence electrons. The normalized spacial score (nSPS) is 20.2. The van der Waals surface area contributed by atoms with Crippen LogP contribution in [0, 0.1) is 0 Å². The van der Waals surface area contributed by atoms with Gasteiger partial charge >= 0.3 is 11.9 Å². The summed E-state index contributed by atoms with van der Waals surface area (Å²) >= 11 is 0. The molecule has 0 N–H and O–H groups in total. The van der Waals surface area contributed by atoms with Gasteiger partial charge in [-0.2, -0.15) is 0 Å². The second kappa shape index (κ2) is 15.1. The first-order valence-corrected chi connectivity index (χ1v) is 8.10. The van der Waals surface area contributed by atoms with Gasteiger partial charge in [0.2, 0.25) is 0 Å². The SMILES string of the molecule is C=C.O=C1CCCCCCCCCCCC(=O)OCCO1. The molecule has 0 spiro atoms. The molecule has 0 aliphatic carbocycles. The smallest absolute Gasteiger partial charge is 0.305 e. The van der Waals surface area contributed by atoms with Crippen molar-refractivity contribution < 1.29 is 19.1 Å². The lowest BCUT2D eigenvalue weighted by Gasteiger charge is -2.06. The predicted molar refractivity (Wildman–Crippen MR) is 84.0 cm³/mol. The minimum absolute atomic E-state index is 0.180. The van der Waals surface area contributed by atoms with Crippen LogP contribution in [0.25, 0.3) is 0 Å². The Bertz CT molecular complexity index is 250. The maximum atomic E-state index is 11.3. The molecule has 1 heterocycles. The van der Waals surface area contributed by atoms with Crippen molar-refractivity contribution in [1.82, 2.24) is 0 Å². The molecule has 0 unspecified atom stereocenters.